The fourth-order valence-corrected chi connectivity index (χ4v) is 1.79. The Morgan fingerprint density at radius 3 is 2.89 bits per heavy atom. The second-order valence-corrected chi connectivity index (χ2v) is 4.05. The van der Waals surface area contributed by atoms with Crippen molar-refractivity contribution < 1.29 is 14.4 Å². The number of para-hydroxylation sites is 1. The summed E-state index contributed by atoms with van der Waals surface area (Å²) in [7, 11) is 0. The van der Waals surface area contributed by atoms with Crippen LogP contribution in [-0.4, -0.2) is 21.9 Å². The maximum absolute atomic E-state index is 9.88. The van der Waals surface area contributed by atoms with Gasteiger partial charge in [0, 0.05) is 6.61 Å². The summed E-state index contributed by atoms with van der Waals surface area (Å²) in [5.41, 5.74) is 6.33. The summed E-state index contributed by atoms with van der Waals surface area (Å²) in [4.78, 5) is 4.25. The quantitative estimate of drug-likeness (QED) is 0.635. The Hall–Kier alpha value is -2.08. The van der Waals surface area contributed by atoms with Crippen molar-refractivity contribution in [2.75, 3.05) is 12.3 Å². The van der Waals surface area contributed by atoms with Crippen molar-refractivity contribution in [3.8, 4) is 17.2 Å². The molecule has 0 saturated heterocycles. The predicted molar refractivity (Wildman–Crippen MR) is 70.5 cm³/mol. The topological polar surface area (TPSA) is 94.4 Å². The van der Waals surface area contributed by atoms with E-state index in [0.29, 0.717) is 18.0 Å². The van der Waals surface area contributed by atoms with Crippen LogP contribution in [0.1, 0.15) is 32.2 Å². The van der Waals surface area contributed by atoms with E-state index in [-0.39, 0.29) is 23.4 Å². The fourth-order valence-electron chi connectivity index (χ4n) is 1.79. The van der Waals surface area contributed by atoms with Gasteiger partial charge in [-0.3, -0.25) is 0 Å². The molecule has 0 amide bonds. The molecular weight excluding hydrogens is 246 g/mol. The van der Waals surface area contributed by atoms with E-state index in [1.165, 1.54) is 0 Å². The zero-order valence-corrected chi connectivity index (χ0v) is 11.0. The molecule has 1 aromatic heterocycles. The van der Waals surface area contributed by atoms with Gasteiger partial charge in [-0.15, -0.1) is 0 Å². The Labute approximate surface area is 111 Å². The predicted octanol–water partition coefficient (Wildman–Crippen LogP) is 2.51. The minimum atomic E-state index is -0.203. The van der Waals surface area contributed by atoms with Gasteiger partial charge >= 0.3 is 0 Å². The molecule has 0 radical (unpaired) electrons. The number of nitrogens with two attached hydrogens (primary N) is 1. The summed E-state index contributed by atoms with van der Waals surface area (Å²) >= 11 is 0. The minimum absolute atomic E-state index is 0.0536. The van der Waals surface area contributed by atoms with Crippen LogP contribution in [0.5, 0.6) is 5.75 Å². The zero-order valence-electron chi connectivity index (χ0n) is 11.0. The molecule has 1 heterocycles. The minimum Gasteiger partial charge on any atom is -0.505 e. The summed E-state index contributed by atoms with van der Waals surface area (Å²) in [6.07, 6.45) is 0.543. The molecule has 3 N–H and O–H groups in total. The number of ether oxygens (including phenoxy) is 1. The highest BCUT2D eigenvalue weighted by molar-refractivity contribution is 5.71. The molecule has 0 aliphatic heterocycles. The molecule has 0 aliphatic carbocycles. The number of aromatic nitrogens is 2. The van der Waals surface area contributed by atoms with Crippen LogP contribution in [0.25, 0.3) is 11.5 Å². The lowest BCUT2D eigenvalue weighted by Crippen LogP contribution is -2.04. The molecule has 102 valence electrons. The lowest BCUT2D eigenvalue weighted by atomic mass is 10.1. The number of phenolic OH excluding ortho intramolecular Hbond substituents is 1. The van der Waals surface area contributed by atoms with Gasteiger partial charge in [-0.1, -0.05) is 18.1 Å². The van der Waals surface area contributed by atoms with Gasteiger partial charge in [0.1, 0.15) is 6.10 Å². The SMILES string of the molecule is CCOC(CC)c1noc(-c2cccc(N)c2O)n1. The molecule has 1 atom stereocenters. The van der Waals surface area contributed by atoms with Crippen molar-refractivity contribution in [2.45, 2.75) is 26.4 Å². The average molecular weight is 263 g/mol. The number of rotatable bonds is 5. The Morgan fingerprint density at radius 2 is 2.21 bits per heavy atom. The second-order valence-electron chi connectivity index (χ2n) is 4.05. The molecule has 6 nitrogen and oxygen atoms in total. The molecule has 2 rings (SSSR count). The van der Waals surface area contributed by atoms with E-state index in [1.807, 2.05) is 13.8 Å². The van der Waals surface area contributed by atoms with Gasteiger partial charge < -0.3 is 20.1 Å². The molecule has 1 unspecified atom stereocenters. The molecule has 2 aromatic rings. The van der Waals surface area contributed by atoms with E-state index in [2.05, 4.69) is 10.1 Å². The number of nitrogens with zero attached hydrogens (tertiary/aromatic N) is 2. The smallest absolute Gasteiger partial charge is 0.261 e. The van der Waals surface area contributed by atoms with Crippen molar-refractivity contribution in [2.24, 2.45) is 0 Å². The highest BCUT2D eigenvalue weighted by Crippen LogP contribution is 2.33. The first-order chi connectivity index (χ1) is 9.17. The van der Waals surface area contributed by atoms with Crippen LogP contribution in [0.4, 0.5) is 5.69 Å². The molecule has 0 saturated carbocycles. The van der Waals surface area contributed by atoms with Crippen LogP contribution in [0.15, 0.2) is 22.7 Å². The third-order valence-corrected chi connectivity index (χ3v) is 2.77. The van der Waals surface area contributed by atoms with Gasteiger partial charge in [-0.25, -0.2) is 0 Å². The number of anilines is 1. The monoisotopic (exact) mass is 263 g/mol. The largest absolute Gasteiger partial charge is 0.505 e. The van der Waals surface area contributed by atoms with E-state index in [1.54, 1.807) is 18.2 Å². The normalized spacial score (nSPS) is 12.5. The number of nitrogen functional groups attached to an aromatic ring is 1. The number of phenols is 1. The van der Waals surface area contributed by atoms with E-state index < -0.39 is 0 Å². The molecular formula is C13H17N3O3. The second kappa shape index (κ2) is 5.71. The highest BCUT2D eigenvalue weighted by atomic mass is 16.5. The number of benzene rings is 1. The molecule has 0 fully saturated rings. The summed E-state index contributed by atoms with van der Waals surface area (Å²) in [5, 5.41) is 13.8. The Balaban J connectivity index is 2.32. The first kappa shape index (κ1) is 13.4. The van der Waals surface area contributed by atoms with Crippen molar-refractivity contribution >= 4 is 5.69 Å². The van der Waals surface area contributed by atoms with Crippen molar-refractivity contribution in [1.29, 1.82) is 0 Å². The van der Waals surface area contributed by atoms with Crippen molar-refractivity contribution in [3.05, 3.63) is 24.0 Å². The third-order valence-electron chi connectivity index (χ3n) is 2.77. The lowest BCUT2D eigenvalue weighted by Gasteiger charge is -2.09. The molecule has 6 heteroatoms. The van der Waals surface area contributed by atoms with Gasteiger partial charge in [0.05, 0.1) is 11.3 Å². The van der Waals surface area contributed by atoms with Crippen LogP contribution in [0, 0.1) is 0 Å². The Bertz CT molecular complexity index is 554. The highest BCUT2D eigenvalue weighted by Gasteiger charge is 2.19. The van der Waals surface area contributed by atoms with E-state index in [0.717, 1.165) is 6.42 Å². The summed E-state index contributed by atoms with van der Waals surface area (Å²) in [6.45, 7) is 4.47. The van der Waals surface area contributed by atoms with Gasteiger partial charge in [0.15, 0.2) is 5.75 Å². The molecule has 19 heavy (non-hydrogen) atoms. The first-order valence-corrected chi connectivity index (χ1v) is 6.20. The Kier molecular flexibility index (Phi) is 4.01. The van der Waals surface area contributed by atoms with Gasteiger partial charge in [0.25, 0.3) is 5.89 Å². The van der Waals surface area contributed by atoms with Gasteiger partial charge in [-0.05, 0) is 25.5 Å². The fraction of sp³-hybridized carbons (Fsp3) is 0.385. The van der Waals surface area contributed by atoms with Gasteiger partial charge in [0.2, 0.25) is 5.82 Å². The van der Waals surface area contributed by atoms with Crippen LogP contribution in [0.2, 0.25) is 0 Å². The van der Waals surface area contributed by atoms with Crippen LogP contribution >= 0.6 is 0 Å². The summed E-state index contributed by atoms with van der Waals surface area (Å²) < 4.78 is 10.7. The molecule has 1 aromatic carbocycles. The first-order valence-electron chi connectivity index (χ1n) is 6.20. The number of aromatic hydroxyl groups is 1. The average Bonchev–Trinajstić information content (AvgIpc) is 2.88. The summed E-state index contributed by atoms with van der Waals surface area (Å²) in [6, 6.07) is 4.99. The van der Waals surface area contributed by atoms with Crippen LogP contribution in [-0.2, 0) is 4.74 Å². The Morgan fingerprint density at radius 1 is 1.42 bits per heavy atom. The van der Waals surface area contributed by atoms with Crippen LogP contribution < -0.4 is 5.73 Å². The van der Waals surface area contributed by atoms with Gasteiger partial charge in [-0.2, -0.15) is 4.98 Å². The molecule has 0 spiro atoms. The van der Waals surface area contributed by atoms with E-state index in [4.69, 9.17) is 15.0 Å². The van der Waals surface area contributed by atoms with E-state index >= 15 is 0 Å². The van der Waals surface area contributed by atoms with Crippen LogP contribution in [0.3, 0.4) is 0 Å². The van der Waals surface area contributed by atoms with Crippen molar-refractivity contribution in [3.63, 3.8) is 0 Å². The third kappa shape index (κ3) is 2.68. The van der Waals surface area contributed by atoms with Crippen molar-refractivity contribution in [1.82, 2.24) is 10.1 Å². The molecule has 0 aliphatic rings. The molecule has 0 bridgehead atoms. The maximum Gasteiger partial charge on any atom is 0.261 e. The number of hydrogen-bond acceptors (Lipinski definition) is 6. The standard InChI is InChI=1S/C13H17N3O3/c1-3-10(18-4-2)12-15-13(19-16-12)8-6-5-7-9(14)11(8)17/h5-7,10,17H,3-4,14H2,1-2H3. The number of hydrogen-bond donors (Lipinski definition) is 2. The zero-order chi connectivity index (χ0) is 13.8. The van der Waals surface area contributed by atoms with E-state index in [9.17, 15) is 5.11 Å². The summed E-state index contributed by atoms with van der Waals surface area (Å²) in [5.74, 6) is 0.654. The maximum atomic E-state index is 9.88. The lowest BCUT2D eigenvalue weighted by molar-refractivity contribution is 0.0518.